The Morgan fingerprint density at radius 1 is 0.403 bits per heavy atom. The highest BCUT2D eigenvalue weighted by Crippen LogP contribution is 2.53. The normalized spacial score (nSPS) is 11.9. The first-order valence-electron chi connectivity index (χ1n) is 26.4. The zero-order chi connectivity index (χ0) is 51.3. The van der Waals surface area contributed by atoms with E-state index in [1.54, 1.807) is 6.07 Å². The Kier molecular flexibility index (Phi) is 10.3. The van der Waals surface area contributed by atoms with Gasteiger partial charge >= 0.3 is 0 Å². The van der Waals surface area contributed by atoms with Crippen molar-refractivity contribution in [3.8, 4) is 44.9 Å². The van der Waals surface area contributed by atoms with E-state index in [0.29, 0.717) is 22.7 Å². The molecule has 13 aromatic carbocycles. The molecule has 3 nitrogen and oxygen atoms in total. The molecule has 0 bridgehead atoms. The lowest BCUT2D eigenvalue weighted by Gasteiger charge is -2.30. The van der Waals surface area contributed by atoms with Crippen LogP contribution in [0.25, 0.3) is 98.4 Å². The average molecular weight is 988 g/mol. The van der Waals surface area contributed by atoms with Gasteiger partial charge in [0.25, 0.3) is 0 Å². The minimum absolute atomic E-state index is 0.0482. The summed E-state index contributed by atoms with van der Waals surface area (Å²) in [6.07, 6.45) is 0. The third-order valence-corrected chi connectivity index (χ3v) is 16.1. The molecule has 0 N–H and O–H groups in total. The molecule has 0 atom stereocenters. The first-order valence-corrected chi connectivity index (χ1v) is 26.4. The van der Waals surface area contributed by atoms with Gasteiger partial charge in [0.1, 0.15) is 22.9 Å². The molecule has 0 spiro atoms. The molecule has 0 fully saturated rings. The van der Waals surface area contributed by atoms with Crippen LogP contribution in [0.5, 0.6) is 11.5 Å². The van der Waals surface area contributed by atoms with Crippen molar-refractivity contribution < 1.29 is 13.5 Å². The average Bonchev–Trinajstić information content (AvgIpc) is 3.97. The summed E-state index contributed by atoms with van der Waals surface area (Å²) in [6, 6.07) is 86.8. The van der Waals surface area contributed by atoms with Gasteiger partial charge in [-0.25, -0.2) is 4.39 Å². The van der Waals surface area contributed by atoms with Gasteiger partial charge in [-0.3, -0.25) is 0 Å². The van der Waals surface area contributed by atoms with Crippen LogP contribution in [0, 0.1) is 19.7 Å². The minimum atomic E-state index is -0.370. The first-order chi connectivity index (χ1) is 37.9. The number of benzene rings is 13. The number of furan rings is 1. The van der Waals surface area contributed by atoms with Crippen LogP contribution < -0.4 is 26.0 Å². The number of aryl methyl sites for hydroxylation is 2. The molecule has 14 aromatic rings. The Morgan fingerprint density at radius 2 is 1.04 bits per heavy atom. The van der Waals surface area contributed by atoms with Crippen LogP contribution >= 0.6 is 0 Å². The largest absolute Gasteiger partial charge is 0.456 e. The molecule has 5 heteroatoms. The molecule has 0 saturated carbocycles. The van der Waals surface area contributed by atoms with Crippen molar-refractivity contribution in [2.75, 3.05) is 4.90 Å². The van der Waals surface area contributed by atoms with Gasteiger partial charge < -0.3 is 14.1 Å². The van der Waals surface area contributed by atoms with Crippen molar-refractivity contribution in [3.05, 3.63) is 266 Å². The van der Waals surface area contributed by atoms with Gasteiger partial charge in [0, 0.05) is 33.4 Å². The third-order valence-electron chi connectivity index (χ3n) is 16.1. The number of fused-ring (bicyclic) bond motifs is 10. The summed E-state index contributed by atoms with van der Waals surface area (Å²) >= 11 is 0. The predicted octanol–water partition coefficient (Wildman–Crippen LogP) is 18.0. The molecule has 362 valence electrons. The Hall–Kier alpha value is -9.71. The van der Waals surface area contributed by atoms with E-state index in [-0.39, 0.29) is 12.5 Å². The van der Waals surface area contributed by atoms with Crippen molar-refractivity contribution >= 4 is 105 Å². The molecular formula is C72H47BFNO2. The lowest BCUT2D eigenvalue weighted by Crippen LogP contribution is -2.54. The Labute approximate surface area is 445 Å². The molecule has 1 aliphatic heterocycles. The quantitative estimate of drug-likeness (QED) is 0.112. The fraction of sp³-hybridized carbons (Fsp3) is 0.0278. The molecule has 0 radical (unpaired) electrons. The van der Waals surface area contributed by atoms with E-state index in [4.69, 9.17) is 9.15 Å². The summed E-state index contributed by atoms with van der Waals surface area (Å²) in [5.41, 5.74) is 15.1. The van der Waals surface area contributed by atoms with Crippen LogP contribution in [0.3, 0.4) is 0 Å². The predicted molar refractivity (Wildman–Crippen MR) is 322 cm³/mol. The van der Waals surface area contributed by atoms with Crippen molar-refractivity contribution in [1.29, 1.82) is 0 Å². The van der Waals surface area contributed by atoms with Gasteiger partial charge in [-0.15, -0.1) is 0 Å². The number of hydrogen-bond acceptors (Lipinski definition) is 3. The van der Waals surface area contributed by atoms with Crippen molar-refractivity contribution in [3.63, 3.8) is 0 Å². The number of hydrogen-bond donors (Lipinski definition) is 0. The van der Waals surface area contributed by atoms with Crippen molar-refractivity contribution in [1.82, 2.24) is 0 Å². The number of para-hydroxylation sites is 2. The third kappa shape index (κ3) is 7.11. The van der Waals surface area contributed by atoms with Crippen LogP contribution in [0.2, 0.25) is 0 Å². The monoisotopic (exact) mass is 987 g/mol. The number of ether oxygens (including phenoxy) is 1. The smallest absolute Gasteiger partial charge is 0.243 e. The molecule has 0 unspecified atom stereocenters. The molecule has 15 rings (SSSR count). The molecule has 1 aliphatic rings. The van der Waals surface area contributed by atoms with Crippen molar-refractivity contribution in [2.24, 2.45) is 0 Å². The van der Waals surface area contributed by atoms with E-state index in [1.165, 1.54) is 59.8 Å². The zero-order valence-electron chi connectivity index (χ0n) is 42.4. The van der Waals surface area contributed by atoms with E-state index in [1.807, 2.05) is 95.9 Å². The van der Waals surface area contributed by atoms with Crippen LogP contribution in [0.1, 0.15) is 11.1 Å². The fourth-order valence-corrected chi connectivity index (χ4v) is 12.7. The second kappa shape index (κ2) is 17.7. The number of halogens is 1. The lowest BCUT2D eigenvalue weighted by atomic mass is 9.34. The maximum atomic E-state index is 17.9. The number of anilines is 3. The van der Waals surface area contributed by atoms with E-state index in [0.717, 1.165) is 71.9 Å². The maximum Gasteiger partial charge on any atom is 0.243 e. The van der Waals surface area contributed by atoms with Crippen LogP contribution in [-0.2, 0) is 0 Å². The van der Waals surface area contributed by atoms with E-state index < -0.39 is 0 Å². The van der Waals surface area contributed by atoms with Gasteiger partial charge in [-0.1, -0.05) is 222 Å². The Bertz CT molecular complexity index is 4690. The molecule has 0 aliphatic carbocycles. The van der Waals surface area contributed by atoms with Gasteiger partial charge in [0.05, 0.1) is 17.1 Å². The Balaban J connectivity index is 0.965. The highest BCUT2D eigenvalue weighted by molar-refractivity contribution is 6.98. The molecular weight excluding hydrogens is 941 g/mol. The number of rotatable bonds is 8. The Morgan fingerprint density at radius 3 is 1.86 bits per heavy atom. The highest BCUT2D eigenvalue weighted by Gasteiger charge is 2.32. The molecule has 2 heterocycles. The minimum Gasteiger partial charge on any atom is -0.456 e. The SMILES string of the molecule is Cc1cccc(C)c1B(c1cccc2ccccc12)c1cc2c3cccc4c3c(cc2c2ccccc12)-c1ccc(N(c2c(F)cc(-c3ccccc3)cc2-c2ccccc2)c2cccc3c2oc2ccccc23)cc1O4. The first kappa shape index (κ1) is 44.8. The van der Waals surface area contributed by atoms with Gasteiger partial charge in [-0.05, 0) is 122 Å². The highest BCUT2D eigenvalue weighted by atomic mass is 19.1. The molecule has 77 heavy (non-hydrogen) atoms. The van der Waals surface area contributed by atoms with E-state index >= 15 is 4.39 Å². The topological polar surface area (TPSA) is 25.6 Å². The summed E-state index contributed by atoms with van der Waals surface area (Å²) in [5.74, 6) is 1.08. The van der Waals surface area contributed by atoms with Gasteiger partial charge in [0.15, 0.2) is 5.58 Å². The summed E-state index contributed by atoms with van der Waals surface area (Å²) in [6.45, 7) is 4.46. The van der Waals surface area contributed by atoms with E-state index in [9.17, 15) is 0 Å². The van der Waals surface area contributed by atoms with Gasteiger partial charge in [0.2, 0.25) is 6.71 Å². The van der Waals surface area contributed by atoms with Crippen molar-refractivity contribution in [2.45, 2.75) is 13.8 Å². The summed E-state index contributed by atoms with van der Waals surface area (Å²) < 4.78 is 31.9. The summed E-state index contributed by atoms with van der Waals surface area (Å²) in [5, 5.41) is 11.4. The second-order valence-corrected chi connectivity index (χ2v) is 20.5. The molecule has 0 saturated heterocycles. The fourth-order valence-electron chi connectivity index (χ4n) is 12.7. The molecule has 0 amide bonds. The second-order valence-electron chi connectivity index (χ2n) is 20.5. The lowest BCUT2D eigenvalue weighted by molar-refractivity contribution is 0.487. The van der Waals surface area contributed by atoms with Crippen LogP contribution in [-0.4, -0.2) is 6.71 Å². The molecule has 1 aromatic heterocycles. The van der Waals surface area contributed by atoms with Gasteiger partial charge in [-0.2, -0.15) is 0 Å². The summed E-state index contributed by atoms with van der Waals surface area (Å²) in [7, 11) is 0. The maximum absolute atomic E-state index is 17.9. The summed E-state index contributed by atoms with van der Waals surface area (Å²) in [4.78, 5) is 2.02. The number of nitrogens with zero attached hydrogens (tertiary/aromatic N) is 1. The van der Waals surface area contributed by atoms with Crippen LogP contribution in [0.4, 0.5) is 21.5 Å². The van der Waals surface area contributed by atoms with E-state index in [2.05, 4.69) is 166 Å². The zero-order valence-corrected chi connectivity index (χ0v) is 42.4. The van der Waals surface area contributed by atoms with Crippen LogP contribution in [0.15, 0.2) is 253 Å². The standard InChI is InChI=1S/C72H47BFNO2/c1-44-19-15-20-45(2)70(44)73(62-33-16-26-47-25-9-10-27-51(47)62)63-43-60-56-31-18-36-67-69(56)61(42-59(60)52-28-11-12-29-53(52)63)55-38-37-50(41-68(55)76-67)75(65-34-17-32-57-54-30-13-14-35-66(54)77-72(57)65)71-58(48-23-7-4-8-24-48)39-49(40-64(71)74)46-21-5-3-6-22-46/h3-43H,1-2H3.